The van der Waals surface area contributed by atoms with Gasteiger partial charge in [0.05, 0.1) is 0 Å². The molecule has 120 valence electrons. The van der Waals surface area contributed by atoms with E-state index in [0.717, 1.165) is 6.54 Å². The van der Waals surface area contributed by atoms with Gasteiger partial charge in [-0.05, 0) is 0 Å². The number of carbonyl (C=O) groups excluding carboxylic acids is 2. The molecule has 1 N–H and O–H groups in total. The van der Waals surface area contributed by atoms with Crippen LogP contribution in [0.25, 0.3) is 0 Å². The Hall–Kier alpha value is -0.708. The normalized spacial score (nSPS) is 28.5. The van der Waals surface area contributed by atoms with Crippen LogP contribution in [0.1, 0.15) is 20.3 Å². The number of rotatable bonds is 5. The van der Waals surface area contributed by atoms with Crippen molar-refractivity contribution < 1.29 is 19.5 Å². The van der Waals surface area contributed by atoms with E-state index in [-0.39, 0.29) is 29.7 Å². The van der Waals surface area contributed by atoms with E-state index in [1.165, 1.54) is 4.90 Å². The molecule has 2 saturated heterocycles. The molecular formula is C14H22N3O4Tl. The summed E-state index contributed by atoms with van der Waals surface area (Å²) >= 11 is 0.687. The van der Waals surface area contributed by atoms with Gasteiger partial charge in [-0.2, -0.15) is 0 Å². The second-order valence-electron chi connectivity index (χ2n) is 6.46. The van der Waals surface area contributed by atoms with Gasteiger partial charge in [-0.3, -0.25) is 0 Å². The fourth-order valence-corrected chi connectivity index (χ4v) is 4.34. The van der Waals surface area contributed by atoms with E-state index in [1.54, 1.807) is 25.8 Å². The van der Waals surface area contributed by atoms with E-state index in [4.69, 9.17) is 0 Å². The van der Waals surface area contributed by atoms with Crippen molar-refractivity contribution in [1.29, 1.82) is 0 Å². The van der Waals surface area contributed by atoms with Gasteiger partial charge in [0.25, 0.3) is 0 Å². The fourth-order valence-electron chi connectivity index (χ4n) is 3.07. The number of carbonyl (C=O) groups is 3. The molecule has 0 saturated carbocycles. The number of hydrogen-bond donors (Lipinski definition) is 1. The molecule has 22 heavy (non-hydrogen) atoms. The summed E-state index contributed by atoms with van der Waals surface area (Å²) in [5.74, 6) is -1.46. The number of likely N-dealkylation sites (tertiary alicyclic amines) is 1. The van der Waals surface area contributed by atoms with Crippen LogP contribution in [0.5, 0.6) is 0 Å². The molecule has 4 atom stereocenters. The van der Waals surface area contributed by atoms with Gasteiger partial charge in [-0.15, -0.1) is 0 Å². The Morgan fingerprint density at radius 1 is 1.27 bits per heavy atom. The maximum absolute atomic E-state index is 12.5. The summed E-state index contributed by atoms with van der Waals surface area (Å²) in [6.07, 6.45) is 0.621. The summed E-state index contributed by atoms with van der Waals surface area (Å²) in [5, 5.41) is 9.30. The first-order valence-electron chi connectivity index (χ1n) is 7.53. The molecule has 0 aromatic heterocycles. The zero-order chi connectivity index (χ0) is 16.6. The molecule has 0 aromatic rings. The molecule has 0 bridgehead atoms. The van der Waals surface area contributed by atoms with Gasteiger partial charge in [0.2, 0.25) is 0 Å². The molecule has 2 fully saturated rings. The molecule has 0 radical (unpaired) electrons. The monoisotopic (exact) mass is 501 g/mol. The van der Waals surface area contributed by atoms with Crippen molar-refractivity contribution in [3.63, 3.8) is 0 Å². The molecule has 2 aliphatic heterocycles. The van der Waals surface area contributed by atoms with Crippen LogP contribution in [0, 0.1) is 11.8 Å². The van der Waals surface area contributed by atoms with Crippen LogP contribution in [0.4, 0.5) is 0 Å². The average Bonchev–Trinajstić information content (AvgIpc) is 2.97. The number of amides is 2. The van der Waals surface area contributed by atoms with Crippen molar-refractivity contribution >= 4 is 43.8 Å². The molecule has 2 heterocycles. The fraction of sp³-hybridized carbons (Fsp3) is 0.786. The average molecular weight is 501 g/mol. The first-order chi connectivity index (χ1) is 10.2. The van der Waals surface area contributed by atoms with E-state index in [1.807, 2.05) is 0 Å². The third-order valence-electron chi connectivity index (χ3n) is 4.43. The number of aliphatic carboxylic acids is 1. The Labute approximate surface area is 146 Å². The van der Waals surface area contributed by atoms with Gasteiger partial charge in [0.15, 0.2) is 0 Å². The van der Waals surface area contributed by atoms with Gasteiger partial charge < -0.3 is 0 Å². The molecule has 2 amide bonds. The Morgan fingerprint density at radius 2 is 1.86 bits per heavy atom. The molecule has 0 spiro atoms. The van der Waals surface area contributed by atoms with Crippen LogP contribution >= 0.6 is 0 Å². The molecule has 7 nitrogen and oxygen atoms in total. The van der Waals surface area contributed by atoms with Crippen LogP contribution in [-0.2, 0) is 14.4 Å². The van der Waals surface area contributed by atoms with Crippen molar-refractivity contribution in [2.45, 2.75) is 32.4 Å². The Balaban J connectivity index is 1.96. The Bertz CT molecular complexity index is 485. The number of hydrogen-bond acceptors (Lipinski definition) is 4. The van der Waals surface area contributed by atoms with Gasteiger partial charge in [0.1, 0.15) is 0 Å². The zero-order valence-electron chi connectivity index (χ0n) is 13.2. The minimum atomic E-state index is -0.984. The van der Waals surface area contributed by atoms with Gasteiger partial charge in [-0.1, -0.05) is 0 Å². The van der Waals surface area contributed by atoms with Crippen molar-refractivity contribution in [3.8, 4) is 0 Å². The minimum absolute atomic E-state index is 0.0408. The summed E-state index contributed by atoms with van der Waals surface area (Å²) < 4.78 is 2.13. The third kappa shape index (κ3) is 3.61. The number of carboxylic acid groups (broad SMARTS) is 1. The number of likely N-dealkylation sites (N-methyl/N-ethyl adjacent to an activating group) is 1. The zero-order valence-corrected chi connectivity index (χ0v) is 17.7. The summed E-state index contributed by atoms with van der Waals surface area (Å²) in [6.45, 7) is 5.45. The van der Waals surface area contributed by atoms with Gasteiger partial charge in [-0.25, -0.2) is 0 Å². The van der Waals surface area contributed by atoms with Crippen molar-refractivity contribution in [2.75, 3.05) is 26.7 Å². The Kier molecular flexibility index (Phi) is 5.46. The summed E-state index contributed by atoms with van der Waals surface area (Å²) in [4.78, 5) is 39.2. The maximum atomic E-state index is 12.5. The number of carboxylic acids is 1. The summed E-state index contributed by atoms with van der Waals surface area (Å²) in [6, 6.07) is -0.780. The van der Waals surface area contributed by atoms with E-state index in [0.29, 0.717) is 45.6 Å². The number of nitrogens with zero attached hydrogens (tertiary/aromatic N) is 3. The molecule has 2 aliphatic rings. The van der Waals surface area contributed by atoms with E-state index >= 15 is 0 Å². The predicted molar refractivity (Wildman–Crippen MR) is 80.0 cm³/mol. The van der Waals surface area contributed by atoms with Crippen LogP contribution in [0.2, 0.25) is 0 Å². The van der Waals surface area contributed by atoms with E-state index < -0.39 is 12.0 Å². The molecular weight excluding hydrogens is 479 g/mol. The standard InChI is InChI=1S/C14H22N3O4.Tl/c1-8(2)11(14(20)21)16(3)12(18)9-4-5-17(7-9)13(19)10-6-15-10;/h8-11H,4-7H2,1-3H3,(H,20,21);/q-1;+1/t9-,10+,11-;/m0./s1. The second kappa shape index (κ2) is 6.81. The van der Waals surface area contributed by atoms with Crippen LogP contribution in [0.15, 0.2) is 0 Å². The molecule has 2 rings (SSSR count). The van der Waals surface area contributed by atoms with Gasteiger partial charge >= 0.3 is 147 Å². The van der Waals surface area contributed by atoms with Gasteiger partial charge in [0, 0.05) is 0 Å². The summed E-state index contributed by atoms with van der Waals surface area (Å²) in [5.41, 5.74) is 0. The van der Waals surface area contributed by atoms with Crippen LogP contribution in [0.3, 0.4) is 0 Å². The van der Waals surface area contributed by atoms with E-state index in [2.05, 4.69) is 2.71 Å². The second-order valence-corrected chi connectivity index (χ2v) is 9.04. The Morgan fingerprint density at radius 3 is 2.32 bits per heavy atom. The SMILES string of the molecule is CC(C)[C@@H](C(=O)O)N(C)C(=O)[C@H]1CCN(C(=O)[C@H]2C[N]2[Tl])C1. The molecule has 8 heteroatoms. The first-order valence-corrected chi connectivity index (χ1v) is 9.54. The van der Waals surface area contributed by atoms with Crippen molar-refractivity contribution in [3.05, 3.63) is 0 Å². The first kappa shape index (κ1) is 17.6. The third-order valence-corrected chi connectivity index (χ3v) is 6.65. The predicted octanol–water partition coefficient (Wildman–Crippen LogP) is -0.830. The van der Waals surface area contributed by atoms with E-state index in [9.17, 15) is 19.5 Å². The quantitative estimate of drug-likeness (QED) is 0.394. The van der Waals surface area contributed by atoms with Crippen LogP contribution in [-0.4, -0.2) is 100 Å². The molecule has 0 aliphatic carbocycles. The van der Waals surface area contributed by atoms with Crippen molar-refractivity contribution in [2.24, 2.45) is 11.8 Å². The van der Waals surface area contributed by atoms with Crippen LogP contribution < -0.4 is 0 Å². The summed E-state index contributed by atoms with van der Waals surface area (Å²) in [7, 11) is 1.55. The molecule has 0 aromatic carbocycles. The molecule has 1 unspecified atom stereocenters. The topological polar surface area (TPSA) is 80.9 Å². The van der Waals surface area contributed by atoms with Crippen molar-refractivity contribution in [1.82, 2.24) is 12.5 Å².